The van der Waals surface area contributed by atoms with Crippen LogP contribution in [0.1, 0.15) is 31.0 Å². The molecule has 4 rings (SSSR count). The van der Waals surface area contributed by atoms with Crippen LogP contribution in [0.3, 0.4) is 0 Å². The smallest absolute Gasteiger partial charge is 0.338 e. The van der Waals surface area contributed by atoms with Gasteiger partial charge in [-0.2, -0.15) is 0 Å². The molecule has 2 heterocycles. The van der Waals surface area contributed by atoms with Crippen molar-refractivity contribution < 1.29 is 14.6 Å². The molecule has 1 aromatic heterocycles. The molecule has 33 heavy (non-hydrogen) atoms. The van der Waals surface area contributed by atoms with E-state index in [0.29, 0.717) is 34.8 Å². The first-order chi connectivity index (χ1) is 15.7. The van der Waals surface area contributed by atoms with Gasteiger partial charge in [0.05, 0.1) is 32.0 Å². The summed E-state index contributed by atoms with van der Waals surface area (Å²) in [5.41, 5.74) is 1.76. The summed E-state index contributed by atoms with van der Waals surface area (Å²) in [6, 6.07) is 9.97. The molecule has 1 N–H and O–H groups in total. The van der Waals surface area contributed by atoms with Gasteiger partial charge in [0.25, 0.3) is 5.56 Å². The molecule has 3 aromatic rings. The second kappa shape index (κ2) is 9.88. The monoisotopic (exact) mass is 706 g/mol. The molecule has 1 atom stereocenters. The fourth-order valence-corrected chi connectivity index (χ4v) is 6.64. The van der Waals surface area contributed by atoms with Crippen LogP contribution in [0.25, 0.3) is 6.08 Å². The molecule has 1 aliphatic rings. The van der Waals surface area contributed by atoms with Crippen molar-refractivity contribution in [2.45, 2.75) is 19.9 Å². The van der Waals surface area contributed by atoms with Crippen molar-refractivity contribution in [3.8, 4) is 5.75 Å². The Labute approximate surface area is 225 Å². The number of halogens is 3. The van der Waals surface area contributed by atoms with Crippen LogP contribution < -0.4 is 14.9 Å². The zero-order chi connectivity index (χ0) is 23.9. The summed E-state index contributed by atoms with van der Waals surface area (Å²) in [6.45, 7) is 3.67. The summed E-state index contributed by atoms with van der Waals surface area (Å²) in [5.74, 6) is -0.405. The highest BCUT2D eigenvalue weighted by Gasteiger charge is 2.33. The minimum absolute atomic E-state index is 0.111. The highest BCUT2D eigenvalue weighted by Crippen LogP contribution is 2.31. The predicted octanol–water partition coefficient (Wildman–Crippen LogP) is 4.37. The average molecular weight is 707 g/mol. The molecule has 6 nitrogen and oxygen atoms in total. The van der Waals surface area contributed by atoms with Crippen molar-refractivity contribution in [3.05, 3.63) is 90.6 Å². The van der Waals surface area contributed by atoms with Crippen molar-refractivity contribution in [1.82, 2.24) is 4.57 Å². The number of phenols is 1. The predicted molar refractivity (Wildman–Crippen MR) is 145 cm³/mol. The SMILES string of the molecule is CCOC(=O)C1=C(C)N=c2sc(=Cc3cc(I)cc(I)c3O)c(=O)n2[C@H]1c1ccc(Cl)cc1. The Hall–Kier alpha value is -1.70. The van der Waals surface area contributed by atoms with Gasteiger partial charge >= 0.3 is 5.97 Å². The van der Waals surface area contributed by atoms with Gasteiger partial charge in [0, 0.05) is 14.2 Å². The lowest BCUT2D eigenvalue weighted by Gasteiger charge is -2.24. The van der Waals surface area contributed by atoms with Gasteiger partial charge < -0.3 is 9.84 Å². The van der Waals surface area contributed by atoms with Crippen LogP contribution in [0.15, 0.2) is 57.5 Å². The topological polar surface area (TPSA) is 80.9 Å². The molecule has 0 aliphatic carbocycles. The number of esters is 1. The van der Waals surface area contributed by atoms with E-state index in [1.807, 2.05) is 12.1 Å². The lowest BCUT2D eigenvalue weighted by Crippen LogP contribution is -2.39. The number of allylic oxidation sites excluding steroid dienone is 1. The first kappa shape index (κ1) is 24.4. The maximum Gasteiger partial charge on any atom is 0.338 e. The van der Waals surface area contributed by atoms with E-state index in [2.05, 4.69) is 50.2 Å². The first-order valence-corrected chi connectivity index (χ1v) is 13.2. The van der Waals surface area contributed by atoms with Crippen molar-refractivity contribution in [2.75, 3.05) is 6.61 Å². The second-order valence-electron chi connectivity index (χ2n) is 7.18. The number of fused-ring (bicyclic) bond motifs is 1. The van der Waals surface area contributed by atoms with E-state index in [9.17, 15) is 14.7 Å². The number of rotatable bonds is 4. The fraction of sp³-hybridized carbons (Fsp3) is 0.174. The highest BCUT2D eigenvalue weighted by molar-refractivity contribution is 14.1. The van der Waals surface area contributed by atoms with Crippen LogP contribution in [0.2, 0.25) is 5.02 Å². The molecule has 0 amide bonds. The van der Waals surface area contributed by atoms with Crippen LogP contribution in [0, 0.1) is 7.14 Å². The van der Waals surface area contributed by atoms with Crippen molar-refractivity contribution in [3.63, 3.8) is 0 Å². The van der Waals surface area contributed by atoms with Crippen LogP contribution in [0.5, 0.6) is 5.75 Å². The normalized spacial score (nSPS) is 15.9. The number of ether oxygens (including phenoxy) is 1. The molecule has 0 unspecified atom stereocenters. The molecular weight excluding hydrogens is 690 g/mol. The molecule has 0 fully saturated rings. The zero-order valence-corrected chi connectivity index (χ0v) is 23.3. The van der Waals surface area contributed by atoms with Crippen LogP contribution in [0.4, 0.5) is 0 Å². The van der Waals surface area contributed by atoms with E-state index >= 15 is 0 Å². The highest BCUT2D eigenvalue weighted by atomic mass is 127. The summed E-state index contributed by atoms with van der Waals surface area (Å²) in [5, 5.41) is 11.0. The van der Waals surface area contributed by atoms with Crippen molar-refractivity contribution in [2.24, 2.45) is 4.99 Å². The third-order valence-electron chi connectivity index (χ3n) is 5.05. The number of hydrogen-bond donors (Lipinski definition) is 1. The number of nitrogens with zero attached hydrogens (tertiary/aromatic N) is 2. The molecule has 0 saturated carbocycles. The molecule has 0 bridgehead atoms. The summed E-state index contributed by atoms with van der Waals surface area (Å²) in [6.07, 6.45) is 1.66. The van der Waals surface area contributed by atoms with Gasteiger partial charge in [-0.15, -0.1) is 0 Å². The Morgan fingerprint density at radius 3 is 2.67 bits per heavy atom. The van der Waals surface area contributed by atoms with Gasteiger partial charge in [-0.25, -0.2) is 9.79 Å². The minimum atomic E-state index is -0.704. The largest absolute Gasteiger partial charge is 0.506 e. The molecule has 0 radical (unpaired) electrons. The molecular formula is C23H17ClI2N2O4S. The number of carbonyl (C=O) groups is 1. The molecule has 0 saturated heterocycles. The zero-order valence-electron chi connectivity index (χ0n) is 17.4. The van der Waals surface area contributed by atoms with Crippen LogP contribution in [-0.4, -0.2) is 22.2 Å². The van der Waals surface area contributed by atoms with Crippen molar-refractivity contribution in [1.29, 1.82) is 0 Å². The molecule has 170 valence electrons. The Balaban J connectivity index is 1.98. The van der Waals surface area contributed by atoms with E-state index in [1.54, 1.807) is 44.2 Å². The van der Waals surface area contributed by atoms with E-state index in [-0.39, 0.29) is 17.9 Å². The Morgan fingerprint density at radius 1 is 1.30 bits per heavy atom. The van der Waals surface area contributed by atoms with E-state index < -0.39 is 12.0 Å². The molecule has 2 aromatic carbocycles. The van der Waals surface area contributed by atoms with E-state index in [4.69, 9.17) is 16.3 Å². The standard InChI is InChI=1S/C23H17ClI2N2O4S/c1-3-32-22(31)18-11(2)27-23-28(19(18)12-4-6-14(24)7-5-12)21(30)17(33-23)9-13-8-15(25)10-16(26)20(13)29/h4-10,19,29H,3H2,1-2H3/t19-/m0/s1. The van der Waals surface area contributed by atoms with E-state index in [0.717, 1.165) is 9.13 Å². The van der Waals surface area contributed by atoms with Crippen molar-refractivity contribution >= 4 is 80.2 Å². The number of aromatic nitrogens is 1. The number of benzene rings is 2. The maximum absolute atomic E-state index is 13.6. The van der Waals surface area contributed by atoms with Gasteiger partial charge in [0.15, 0.2) is 4.80 Å². The van der Waals surface area contributed by atoms with Crippen LogP contribution >= 0.6 is 68.1 Å². The number of hydrogen-bond acceptors (Lipinski definition) is 6. The number of thiazole rings is 1. The second-order valence-corrected chi connectivity index (χ2v) is 11.0. The van der Waals surface area contributed by atoms with Gasteiger partial charge in [0.2, 0.25) is 0 Å². The number of carbonyl (C=O) groups excluding carboxylic acids is 1. The first-order valence-electron chi connectivity index (χ1n) is 9.84. The average Bonchev–Trinajstić information content (AvgIpc) is 3.06. The summed E-state index contributed by atoms with van der Waals surface area (Å²) in [4.78, 5) is 31.5. The molecule has 1 aliphatic heterocycles. The third kappa shape index (κ3) is 4.77. The van der Waals surface area contributed by atoms with Crippen LogP contribution in [-0.2, 0) is 9.53 Å². The Bertz CT molecular complexity index is 1480. The number of aromatic hydroxyl groups is 1. The van der Waals surface area contributed by atoms with Gasteiger partial charge in [-0.1, -0.05) is 35.1 Å². The summed E-state index contributed by atoms with van der Waals surface area (Å²) in [7, 11) is 0. The van der Waals surface area contributed by atoms with Gasteiger partial charge in [-0.3, -0.25) is 9.36 Å². The molecule has 0 spiro atoms. The lowest BCUT2D eigenvalue weighted by atomic mass is 9.96. The fourth-order valence-electron chi connectivity index (χ4n) is 3.59. The summed E-state index contributed by atoms with van der Waals surface area (Å²) >= 11 is 11.5. The third-order valence-corrected chi connectivity index (χ3v) is 7.73. The lowest BCUT2D eigenvalue weighted by molar-refractivity contribution is -0.139. The molecule has 10 heteroatoms. The van der Waals surface area contributed by atoms with Gasteiger partial charge in [0.1, 0.15) is 5.75 Å². The summed E-state index contributed by atoms with van der Waals surface area (Å²) < 4.78 is 8.83. The maximum atomic E-state index is 13.6. The Morgan fingerprint density at radius 2 is 2.00 bits per heavy atom. The minimum Gasteiger partial charge on any atom is -0.506 e. The number of phenolic OH excluding ortho intramolecular Hbond substituents is 1. The van der Waals surface area contributed by atoms with E-state index in [1.165, 1.54) is 15.9 Å². The Kier molecular flexibility index (Phi) is 7.32. The van der Waals surface area contributed by atoms with Gasteiger partial charge in [-0.05, 0) is 94.9 Å². The quantitative estimate of drug-likeness (QED) is 0.323.